The molecule has 1 aliphatic heterocycles. The van der Waals surface area contributed by atoms with Gasteiger partial charge in [-0.2, -0.15) is 0 Å². The molecule has 2 N–H and O–H groups in total. The van der Waals surface area contributed by atoms with Crippen molar-refractivity contribution in [3.63, 3.8) is 0 Å². The summed E-state index contributed by atoms with van der Waals surface area (Å²) in [7, 11) is 1.70. The zero-order valence-electron chi connectivity index (χ0n) is 17.4. The molecule has 4 aromatic rings. The number of pyridine rings is 2. The van der Waals surface area contributed by atoms with Crippen molar-refractivity contribution in [3.8, 4) is 17.4 Å². The van der Waals surface area contributed by atoms with Crippen molar-refractivity contribution in [2.75, 3.05) is 12.8 Å². The molecular formula is C26H23N3O2. The molecule has 3 heterocycles. The van der Waals surface area contributed by atoms with Gasteiger partial charge in [-0.25, -0.2) is 4.98 Å². The molecule has 0 spiro atoms. The molecule has 5 nitrogen and oxygen atoms in total. The number of aryl methyl sites for hydroxylation is 1. The number of benzene rings is 2. The second kappa shape index (κ2) is 6.98. The van der Waals surface area contributed by atoms with Gasteiger partial charge < -0.3 is 15.2 Å². The molecule has 2 aromatic heterocycles. The van der Waals surface area contributed by atoms with Crippen molar-refractivity contribution in [3.05, 3.63) is 82.7 Å². The minimum Gasteiger partial charge on any atom is -0.496 e. The van der Waals surface area contributed by atoms with Gasteiger partial charge in [0.1, 0.15) is 11.3 Å². The Bertz CT molecular complexity index is 1330. The molecule has 0 bridgehead atoms. The number of rotatable bonds is 2. The Morgan fingerprint density at radius 3 is 2.77 bits per heavy atom. The molecule has 0 saturated heterocycles. The minimum absolute atomic E-state index is 0.138. The smallest absolute Gasteiger partial charge is 0.225 e. The summed E-state index contributed by atoms with van der Waals surface area (Å²) in [5.74, 6) is 2.04. The summed E-state index contributed by atoms with van der Waals surface area (Å²) >= 11 is 0. The third kappa shape index (κ3) is 2.69. The van der Waals surface area contributed by atoms with Crippen LogP contribution in [-0.4, -0.2) is 17.1 Å². The summed E-state index contributed by atoms with van der Waals surface area (Å²) in [6, 6.07) is 16.3. The van der Waals surface area contributed by atoms with Crippen molar-refractivity contribution >= 4 is 16.6 Å². The highest BCUT2D eigenvalue weighted by Gasteiger charge is 2.36. The van der Waals surface area contributed by atoms with Crippen LogP contribution in [-0.2, 0) is 12.8 Å². The van der Waals surface area contributed by atoms with Gasteiger partial charge in [-0.3, -0.25) is 4.98 Å². The number of anilines is 1. The number of nitrogens with zero attached hydrogens (tertiary/aromatic N) is 2. The fraction of sp³-hybridized carbons (Fsp3) is 0.231. The van der Waals surface area contributed by atoms with Crippen LogP contribution in [0.3, 0.4) is 0 Å². The van der Waals surface area contributed by atoms with Crippen molar-refractivity contribution in [2.45, 2.75) is 31.6 Å². The van der Waals surface area contributed by atoms with Crippen LogP contribution in [0.4, 0.5) is 5.69 Å². The van der Waals surface area contributed by atoms with E-state index in [2.05, 4.69) is 23.2 Å². The number of ether oxygens (including phenoxy) is 2. The molecule has 6 rings (SSSR count). The van der Waals surface area contributed by atoms with E-state index in [-0.39, 0.29) is 5.92 Å². The standard InChI is InChI=1S/C26H23N3O2/c1-30-20-11-5-3-9-17(20)21-18-13-12-15-7-6-14-28-24(15)25(18)31-26-22(21)23(27)16-8-2-4-10-19(16)29-26/h3,5-7,9,11-14,21H,2,4,8,10H2,1H3,(H2,27,29). The predicted molar refractivity (Wildman–Crippen MR) is 121 cm³/mol. The Labute approximate surface area is 180 Å². The summed E-state index contributed by atoms with van der Waals surface area (Å²) in [6.07, 6.45) is 5.98. The summed E-state index contributed by atoms with van der Waals surface area (Å²) in [4.78, 5) is 9.61. The van der Waals surface area contributed by atoms with E-state index in [1.165, 1.54) is 5.56 Å². The number of para-hydroxylation sites is 1. The van der Waals surface area contributed by atoms with Crippen LogP contribution in [0.15, 0.2) is 54.7 Å². The second-order valence-corrected chi connectivity index (χ2v) is 8.21. The second-order valence-electron chi connectivity index (χ2n) is 8.21. The summed E-state index contributed by atoms with van der Waals surface area (Å²) in [6.45, 7) is 0. The van der Waals surface area contributed by atoms with Crippen LogP contribution < -0.4 is 15.2 Å². The number of hydrogen-bond donors (Lipinski definition) is 1. The Balaban J connectivity index is 1.69. The predicted octanol–water partition coefficient (Wildman–Crippen LogP) is 5.39. The first-order valence-electron chi connectivity index (χ1n) is 10.8. The highest BCUT2D eigenvalue weighted by Crippen LogP contribution is 2.53. The van der Waals surface area contributed by atoms with E-state index >= 15 is 0 Å². The van der Waals surface area contributed by atoms with E-state index in [1.54, 1.807) is 13.3 Å². The molecule has 154 valence electrons. The fourth-order valence-electron chi connectivity index (χ4n) is 5.07. The van der Waals surface area contributed by atoms with Crippen LogP contribution in [0.5, 0.6) is 17.4 Å². The monoisotopic (exact) mass is 409 g/mol. The van der Waals surface area contributed by atoms with E-state index in [1.807, 2.05) is 30.3 Å². The molecule has 5 heteroatoms. The maximum absolute atomic E-state index is 6.84. The number of nitrogen functional groups attached to an aromatic ring is 1. The van der Waals surface area contributed by atoms with E-state index in [0.29, 0.717) is 5.88 Å². The molecule has 0 radical (unpaired) electrons. The molecule has 2 aromatic carbocycles. The van der Waals surface area contributed by atoms with Crippen LogP contribution in [0.1, 0.15) is 46.7 Å². The van der Waals surface area contributed by atoms with Crippen LogP contribution in [0.25, 0.3) is 10.9 Å². The van der Waals surface area contributed by atoms with Gasteiger partial charge in [-0.15, -0.1) is 0 Å². The molecule has 31 heavy (non-hydrogen) atoms. The third-order valence-electron chi connectivity index (χ3n) is 6.53. The highest BCUT2D eigenvalue weighted by molar-refractivity contribution is 5.88. The summed E-state index contributed by atoms with van der Waals surface area (Å²) < 4.78 is 12.2. The zero-order chi connectivity index (χ0) is 20.9. The molecule has 0 saturated carbocycles. The Kier molecular flexibility index (Phi) is 4.10. The number of nitrogens with two attached hydrogens (primary N) is 1. The molecule has 0 fully saturated rings. The normalized spacial score (nSPS) is 16.7. The molecule has 1 aliphatic carbocycles. The van der Waals surface area contributed by atoms with Crippen LogP contribution >= 0.6 is 0 Å². The van der Waals surface area contributed by atoms with Crippen molar-refractivity contribution in [1.29, 1.82) is 0 Å². The van der Waals surface area contributed by atoms with Gasteiger partial charge in [-0.1, -0.05) is 36.4 Å². The SMILES string of the molecule is COc1ccccc1C1c2ccc3cccnc3c2Oc2nc3c(c(N)c21)CCCC3. The van der Waals surface area contributed by atoms with E-state index in [0.717, 1.165) is 76.2 Å². The van der Waals surface area contributed by atoms with Gasteiger partial charge in [-0.05, 0) is 43.4 Å². The molecule has 1 unspecified atom stereocenters. The maximum Gasteiger partial charge on any atom is 0.225 e. The van der Waals surface area contributed by atoms with E-state index in [4.69, 9.17) is 20.2 Å². The topological polar surface area (TPSA) is 70.3 Å². The minimum atomic E-state index is -0.138. The lowest BCUT2D eigenvalue weighted by atomic mass is 9.80. The lowest BCUT2D eigenvalue weighted by Crippen LogP contribution is -2.20. The van der Waals surface area contributed by atoms with E-state index < -0.39 is 0 Å². The molecule has 1 atom stereocenters. The first-order valence-corrected chi connectivity index (χ1v) is 10.8. The lowest BCUT2D eigenvalue weighted by Gasteiger charge is -2.32. The first kappa shape index (κ1) is 18.2. The summed E-state index contributed by atoms with van der Waals surface area (Å²) in [5, 5.41) is 1.04. The number of methoxy groups -OCH3 is 1. The highest BCUT2D eigenvalue weighted by atomic mass is 16.5. The lowest BCUT2D eigenvalue weighted by molar-refractivity contribution is 0.403. The Morgan fingerprint density at radius 2 is 1.87 bits per heavy atom. The van der Waals surface area contributed by atoms with Gasteiger partial charge in [0.05, 0.1) is 12.7 Å². The number of hydrogen-bond acceptors (Lipinski definition) is 5. The van der Waals surface area contributed by atoms with Gasteiger partial charge >= 0.3 is 0 Å². The van der Waals surface area contributed by atoms with Gasteiger partial charge in [0.25, 0.3) is 0 Å². The Morgan fingerprint density at radius 1 is 1.00 bits per heavy atom. The van der Waals surface area contributed by atoms with Gasteiger partial charge in [0, 0.05) is 40.0 Å². The largest absolute Gasteiger partial charge is 0.496 e. The van der Waals surface area contributed by atoms with Crippen molar-refractivity contribution in [1.82, 2.24) is 9.97 Å². The third-order valence-corrected chi connectivity index (χ3v) is 6.53. The fourth-order valence-corrected chi connectivity index (χ4v) is 5.07. The van der Waals surface area contributed by atoms with E-state index in [9.17, 15) is 0 Å². The molecular weight excluding hydrogens is 386 g/mol. The van der Waals surface area contributed by atoms with Crippen LogP contribution in [0.2, 0.25) is 0 Å². The zero-order valence-corrected chi connectivity index (χ0v) is 17.4. The molecule has 0 amide bonds. The summed E-state index contributed by atoms with van der Waals surface area (Å²) in [5.41, 5.74) is 13.8. The Hall–Kier alpha value is -3.60. The quantitative estimate of drug-likeness (QED) is 0.424. The number of aromatic nitrogens is 2. The average molecular weight is 409 g/mol. The van der Waals surface area contributed by atoms with Crippen molar-refractivity contribution < 1.29 is 9.47 Å². The maximum atomic E-state index is 6.84. The van der Waals surface area contributed by atoms with Crippen molar-refractivity contribution in [2.24, 2.45) is 0 Å². The van der Waals surface area contributed by atoms with Crippen LogP contribution in [0, 0.1) is 0 Å². The first-order chi connectivity index (χ1) is 15.3. The average Bonchev–Trinajstić information content (AvgIpc) is 2.83. The van der Waals surface area contributed by atoms with Gasteiger partial charge in [0.2, 0.25) is 5.88 Å². The molecule has 2 aliphatic rings. The van der Waals surface area contributed by atoms with Gasteiger partial charge in [0.15, 0.2) is 5.75 Å². The number of fused-ring (bicyclic) bond motifs is 5.